The van der Waals surface area contributed by atoms with Gasteiger partial charge in [-0.15, -0.1) is 0 Å². The Kier molecular flexibility index (Phi) is 5.63. The minimum Gasteiger partial charge on any atom is -0.369 e. The lowest BCUT2D eigenvalue weighted by molar-refractivity contribution is -0.928. The SMILES string of the molecule is NC(=O)[C@H]1CCC[NH+]([C@@H](C(=O)Nc2ccc(F)cc2)c2ccccc2)C1. The Morgan fingerprint density at radius 1 is 1.12 bits per heavy atom. The van der Waals surface area contributed by atoms with E-state index >= 15 is 0 Å². The van der Waals surface area contributed by atoms with Gasteiger partial charge in [-0.25, -0.2) is 4.39 Å². The molecular weight excluding hydrogens is 333 g/mol. The van der Waals surface area contributed by atoms with Crippen molar-refractivity contribution in [3.8, 4) is 0 Å². The van der Waals surface area contributed by atoms with Crippen molar-refractivity contribution in [2.45, 2.75) is 18.9 Å². The molecule has 1 heterocycles. The van der Waals surface area contributed by atoms with Gasteiger partial charge in [0.25, 0.3) is 5.91 Å². The first-order valence-electron chi connectivity index (χ1n) is 8.80. The van der Waals surface area contributed by atoms with Crippen LogP contribution in [0.3, 0.4) is 0 Å². The van der Waals surface area contributed by atoms with E-state index in [1.807, 2.05) is 30.3 Å². The van der Waals surface area contributed by atoms with Gasteiger partial charge in [-0.1, -0.05) is 30.3 Å². The molecule has 2 aromatic rings. The average Bonchev–Trinajstić information content (AvgIpc) is 2.65. The summed E-state index contributed by atoms with van der Waals surface area (Å²) in [6.07, 6.45) is 1.61. The summed E-state index contributed by atoms with van der Waals surface area (Å²) in [4.78, 5) is 25.7. The number of hydrogen-bond donors (Lipinski definition) is 3. The minimum atomic E-state index is -0.455. The van der Waals surface area contributed by atoms with Crippen LogP contribution in [0, 0.1) is 11.7 Å². The van der Waals surface area contributed by atoms with Crippen LogP contribution in [0.4, 0.5) is 10.1 Å². The molecule has 3 atom stereocenters. The van der Waals surface area contributed by atoms with Crippen molar-refractivity contribution in [1.82, 2.24) is 0 Å². The van der Waals surface area contributed by atoms with Gasteiger partial charge in [0.15, 0.2) is 6.04 Å². The first kappa shape index (κ1) is 18.1. The third-order valence-corrected chi connectivity index (χ3v) is 4.88. The van der Waals surface area contributed by atoms with E-state index < -0.39 is 6.04 Å². The van der Waals surface area contributed by atoms with Gasteiger partial charge in [0.1, 0.15) is 5.82 Å². The molecule has 0 aliphatic carbocycles. The number of piperidine rings is 1. The van der Waals surface area contributed by atoms with Crippen molar-refractivity contribution in [2.24, 2.45) is 11.7 Å². The Morgan fingerprint density at radius 3 is 2.46 bits per heavy atom. The van der Waals surface area contributed by atoms with Crippen molar-refractivity contribution in [3.05, 3.63) is 66.0 Å². The normalized spacial score (nSPS) is 21.0. The second-order valence-electron chi connectivity index (χ2n) is 6.69. The average molecular weight is 356 g/mol. The zero-order valence-electron chi connectivity index (χ0n) is 14.5. The Bertz CT molecular complexity index is 764. The quantitative estimate of drug-likeness (QED) is 0.755. The summed E-state index contributed by atoms with van der Waals surface area (Å²) >= 11 is 0. The molecule has 0 radical (unpaired) electrons. The second kappa shape index (κ2) is 8.10. The topological polar surface area (TPSA) is 76.6 Å². The molecule has 1 saturated heterocycles. The molecule has 6 heteroatoms. The summed E-state index contributed by atoms with van der Waals surface area (Å²) in [5, 5.41) is 2.87. The van der Waals surface area contributed by atoms with E-state index in [1.54, 1.807) is 0 Å². The molecule has 1 unspecified atom stereocenters. The van der Waals surface area contributed by atoms with E-state index in [-0.39, 0.29) is 23.5 Å². The van der Waals surface area contributed by atoms with E-state index in [9.17, 15) is 14.0 Å². The fourth-order valence-electron chi connectivity index (χ4n) is 3.57. The van der Waals surface area contributed by atoms with Crippen LogP contribution in [0.1, 0.15) is 24.4 Å². The number of primary amides is 1. The molecule has 0 saturated carbocycles. The number of rotatable bonds is 5. The third kappa shape index (κ3) is 4.26. The van der Waals surface area contributed by atoms with E-state index in [2.05, 4.69) is 5.32 Å². The van der Waals surface area contributed by atoms with Crippen molar-refractivity contribution in [2.75, 3.05) is 18.4 Å². The van der Waals surface area contributed by atoms with Crippen LogP contribution in [-0.2, 0) is 9.59 Å². The predicted molar refractivity (Wildman–Crippen MR) is 96.8 cm³/mol. The van der Waals surface area contributed by atoms with Crippen LogP contribution in [0.25, 0.3) is 0 Å². The Hall–Kier alpha value is -2.73. The maximum absolute atomic E-state index is 13.1. The monoisotopic (exact) mass is 356 g/mol. The summed E-state index contributed by atoms with van der Waals surface area (Å²) in [6.45, 7) is 1.33. The molecule has 2 aromatic carbocycles. The highest BCUT2D eigenvalue weighted by molar-refractivity contribution is 5.94. The summed E-state index contributed by atoms with van der Waals surface area (Å²) in [6, 6.07) is 14.7. The molecule has 5 nitrogen and oxygen atoms in total. The van der Waals surface area contributed by atoms with Gasteiger partial charge in [-0.2, -0.15) is 0 Å². The van der Waals surface area contributed by atoms with Crippen molar-refractivity contribution >= 4 is 17.5 Å². The summed E-state index contributed by atoms with van der Waals surface area (Å²) < 4.78 is 13.1. The number of carbonyl (C=O) groups is 2. The predicted octanol–water partition coefficient (Wildman–Crippen LogP) is 1.29. The highest BCUT2D eigenvalue weighted by Gasteiger charge is 2.37. The van der Waals surface area contributed by atoms with Crippen LogP contribution in [0.2, 0.25) is 0 Å². The lowest BCUT2D eigenvalue weighted by Gasteiger charge is -2.33. The molecule has 0 aromatic heterocycles. The maximum Gasteiger partial charge on any atom is 0.287 e. The second-order valence-corrected chi connectivity index (χ2v) is 6.69. The number of benzene rings is 2. The van der Waals surface area contributed by atoms with Gasteiger partial charge in [0.2, 0.25) is 5.91 Å². The van der Waals surface area contributed by atoms with Gasteiger partial charge in [0.05, 0.1) is 19.0 Å². The van der Waals surface area contributed by atoms with E-state index in [0.717, 1.165) is 29.8 Å². The molecule has 3 rings (SSSR count). The number of likely N-dealkylation sites (tertiary alicyclic amines) is 1. The van der Waals surface area contributed by atoms with Gasteiger partial charge >= 0.3 is 0 Å². The van der Waals surface area contributed by atoms with Gasteiger partial charge in [0, 0.05) is 11.3 Å². The number of quaternary nitrogens is 1. The molecule has 1 aliphatic heterocycles. The first-order chi connectivity index (χ1) is 12.5. The molecule has 136 valence electrons. The van der Waals surface area contributed by atoms with Crippen molar-refractivity contribution in [1.29, 1.82) is 0 Å². The van der Waals surface area contributed by atoms with E-state index in [0.29, 0.717) is 12.2 Å². The molecular formula is C20H23FN3O2+. The Morgan fingerprint density at radius 2 is 1.81 bits per heavy atom. The number of nitrogens with two attached hydrogens (primary N) is 1. The molecule has 0 spiro atoms. The van der Waals surface area contributed by atoms with Crippen molar-refractivity contribution in [3.63, 3.8) is 0 Å². The van der Waals surface area contributed by atoms with Crippen LogP contribution in [0.5, 0.6) is 0 Å². The Labute approximate surface area is 152 Å². The van der Waals surface area contributed by atoms with Gasteiger partial charge in [-0.05, 0) is 37.1 Å². The van der Waals surface area contributed by atoms with Crippen LogP contribution >= 0.6 is 0 Å². The van der Waals surface area contributed by atoms with E-state index in [4.69, 9.17) is 5.73 Å². The van der Waals surface area contributed by atoms with Gasteiger partial charge < -0.3 is 16.0 Å². The molecule has 2 amide bonds. The third-order valence-electron chi connectivity index (χ3n) is 4.88. The summed E-state index contributed by atoms with van der Waals surface area (Å²) in [7, 11) is 0. The number of anilines is 1. The van der Waals surface area contributed by atoms with Crippen molar-refractivity contribution < 1.29 is 18.9 Å². The lowest BCUT2D eigenvalue weighted by Crippen LogP contribution is -3.15. The molecule has 26 heavy (non-hydrogen) atoms. The number of nitrogens with one attached hydrogen (secondary N) is 2. The zero-order chi connectivity index (χ0) is 18.5. The fraction of sp³-hybridized carbons (Fsp3) is 0.300. The van der Waals surface area contributed by atoms with Crippen LogP contribution < -0.4 is 16.0 Å². The molecule has 0 bridgehead atoms. The zero-order valence-corrected chi connectivity index (χ0v) is 14.5. The standard InChI is InChI=1S/C20H22FN3O2/c21-16-8-10-17(11-9-16)23-20(26)18(14-5-2-1-3-6-14)24-12-4-7-15(13-24)19(22)25/h1-3,5-6,8-11,15,18H,4,7,12-13H2,(H2,22,25)(H,23,26)/p+1/t15-,18+/m0/s1. The maximum atomic E-state index is 13.1. The molecule has 1 fully saturated rings. The summed E-state index contributed by atoms with van der Waals surface area (Å²) in [5.41, 5.74) is 6.92. The number of halogens is 1. The highest BCUT2D eigenvalue weighted by atomic mass is 19.1. The van der Waals surface area contributed by atoms with E-state index in [1.165, 1.54) is 24.3 Å². The van der Waals surface area contributed by atoms with Crippen LogP contribution in [0.15, 0.2) is 54.6 Å². The Balaban J connectivity index is 1.84. The lowest BCUT2D eigenvalue weighted by atomic mass is 9.94. The summed E-state index contributed by atoms with van der Waals surface area (Å²) in [5.74, 6) is -1.06. The first-order valence-corrected chi connectivity index (χ1v) is 8.80. The minimum absolute atomic E-state index is 0.178. The fourth-order valence-corrected chi connectivity index (χ4v) is 3.57. The van der Waals surface area contributed by atoms with Crippen LogP contribution in [-0.4, -0.2) is 24.9 Å². The van der Waals surface area contributed by atoms with Gasteiger partial charge in [-0.3, -0.25) is 9.59 Å². The number of amides is 2. The smallest absolute Gasteiger partial charge is 0.287 e. The molecule has 4 N–H and O–H groups in total. The highest BCUT2D eigenvalue weighted by Crippen LogP contribution is 2.17. The largest absolute Gasteiger partial charge is 0.369 e. The number of carbonyl (C=O) groups excluding carboxylic acids is 2. The molecule has 1 aliphatic rings. The number of hydrogen-bond acceptors (Lipinski definition) is 2.